The molecular formula is C25H29N3O6. The van der Waals surface area contributed by atoms with Gasteiger partial charge < -0.3 is 19.3 Å². The Morgan fingerprint density at radius 2 is 1.79 bits per heavy atom. The van der Waals surface area contributed by atoms with Crippen LogP contribution >= 0.6 is 0 Å². The van der Waals surface area contributed by atoms with Gasteiger partial charge >= 0.3 is 12.1 Å². The van der Waals surface area contributed by atoms with Crippen LogP contribution in [-0.2, 0) is 32.2 Å². The number of hydrogen-bond acceptors (Lipinski definition) is 7. The first-order valence-corrected chi connectivity index (χ1v) is 10.8. The highest BCUT2D eigenvalue weighted by Crippen LogP contribution is 2.22. The maximum Gasteiger partial charge on any atom is 0.412 e. The molecule has 0 bridgehead atoms. The molecule has 2 aromatic carbocycles. The summed E-state index contributed by atoms with van der Waals surface area (Å²) in [5, 5.41) is 18.0. The summed E-state index contributed by atoms with van der Waals surface area (Å²) < 4.78 is 17.2. The zero-order valence-corrected chi connectivity index (χ0v) is 19.6. The van der Waals surface area contributed by atoms with Crippen LogP contribution in [0.5, 0.6) is 0 Å². The number of rotatable bonds is 8. The topological polar surface area (TPSA) is 112 Å². The Morgan fingerprint density at radius 3 is 2.47 bits per heavy atom. The highest BCUT2D eigenvalue weighted by atomic mass is 16.6. The van der Waals surface area contributed by atoms with Crippen molar-refractivity contribution < 1.29 is 28.9 Å². The van der Waals surface area contributed by atoms with Crippen LogP contribution < -0.4 is 5.32 Å². The molecule has 1 unspecified atom stereocenters. The minimum Gasteiger partial charge on any atom is -0.464 e. The van der Waals surface area contributed by atoms with Gasteiger partial charge in [-0.05, 0) is 38.5 Å². The van der Waals surface area contributed by atoms with Crippen LogP contribution in [0.2, 0.25) is 0 Å². The van der Waals surface area contributed by atoms with Crippen LogP contribution in [0, 0.1) is 0 Å². The summed E-state index contributed by atoms with van der Waals surface area (Å²) in [6.07, 6.45) is -0.490. The van der Waals surface area contributed by atoms with Gasteiger partial charge in [-0.3, -0.25) is 10.00 Å². The lowest BCUT2D eigenvalue weighted by atomic mass is 10.2. The average molecular weight is 468 g/mol. The smallest absolute Gasteiger partial charge is 0.412 e. The van der Waals surface area contributed by atoms with Crippen molar-refractivity contribution in [3.05, 3.63) is 71.6 Å². The van der Waals surface area contributed by atoms with Crippen LogP contribution in [0.1, 0.15) is 32.0 Å². The highest BCUT2D eigenvalue weighted by Gasteiger charge is 2.20. The van der Waals surface area contributed by atoms with Gasteiger partial charge in [-0.25, -0.2) is 9.59 Å². The Bertz CT molecular complexity index is 1160. The number of benzene rings is 2. The fraction of sp³-hybridized carbons (Fsp3) is 0.320. The monoisotopic (exact) mass is 467 g/mol. The number of carbonyl (C=O) groups is 2. The molecule has 1 heterocycles. The summed E-state index contributed by atoms with van der Waals surface area (Å²) in [7, 11) is 1.21. The lowest BCUT2D eigenvalue weighted by molar-refractivity contribution is -0.172. The van der Waals surface area contributed by atoms with E-state index in [1.54, 1.807) is 4.68 Å². The number of alkyl carbamates (subject to hydrolysis) is 1. The molecular weight excluding hydrogens is 438 g/mol. The summed E-state index contributed by atoms with van der Waals surface area (Å²) in [5.41, 5.74) is 1.26. The molecule has 180 valence electrons. The fourth-order valence-corrected chi connectivity index (χ4v) is 3.25. The number of amides is 1. The zero-order chi connectivity index (χ0) is 24.7. The third-order valence-corrected chi connectivity index (χ3v) is 4.64. The molecule has 1 amide bonds. The first-order chi connectivity index (χ1) is 16.2. The number of aromatic nitrogens is 2. The summed E-state index contributed by atoms with van der Waals surface area (Å²) in [4.78, 5) is 24.7. The third kappa shape index (κ3) is 6.90. The number of fused-ring (bicyclic) bond motifs is 1. The second kappa shape index (κ2) is 11.0. The van der Waals surface area contributed by atoms with E-state index in [0.717, 1.165) is 11.1 Å². The molecule has 9 nitrogen and oxygen atoms in total. The van der Waals surface area contributed by atoms with Crippen molar-refractivity contribution in [2.24, 2.45) is 0 Å². The molecule has 0 aliphatic carbocycles. The number of carbonyl (C=O) groups excluding carboxylic acids is 2. The molecule has 0 fully saturated rings. The quantitative estimate of drug-likeness (QED) is 0.296. The molecule has 0 aliphatic heterocycles. The van der Waals surface area contributed by atoms with Gasteiger partial charge in [0.15, 0.2) is 6.29 Å². The molecule has 0 saturated carbocycles. The maximum atomic E-state index is 12.3. The second-order valence-electron chi connectivity index (χ2n) is 8.51. The van der Waals surface area contributed by atoms with Crippen molar-refractivity contribution in [1.82, 2.24) is 15.1 Å². The van der Waals surface area contributed by atoms with Crippen LogP contribution in [0.15, 0.2) is 60.3 Å². The van der Waals surface area contributed by atoms with Crippen molar-refractivity contribution in [2.45, 2.75) is 45.8 Å². The molecule has 3 aromatic rings. The van der Waals surface area contributed by atoms with E-state index in [1.165, 1.54) is 13.2 Å². The fourth-order valence-electron chi connectivity index (χ4n) is 3.25. The van der Waals surface area contributed by atoms with Crippen molar-refractivity contribution in [1.29, 1.82) is 0 Å². The minimum absolute atomic E-state index is 0.0460. The largest absolute Gasteiger partial charge is 0.464 e. The molecule has 0 spiro atoms. The SMILES string of the molecule is COC(=O)/C(=C\c1nn(CC(O)OC(C)(C)C)c2ccccc12)NC(=O)OCc1ccccc1. The van der Waals surface area contributed by atoms with Gasteiger partial charge in [0.2, 0.25) is 0 Å². The Balaban J connectivity index is 1.84. The van der Waals surface area contributed by atoms with Gasteiger partial charge in [-0.1, -0.05) is 48.5 Å². The molecule has 2 N–H and O–H groups in total. The van der Waals surface area contributed by atoms with E-state index < -0.39 is 24.0 Å². The number of aliphatic hydroxyl groups is 1. The molecule has 3 rings (SSSR count). The first kappa shape index (κ1) is 24.9. The Kier molecular flexibility index (Phi) is 8.04. The number of nitrogens with one attached hydrogen (secondary N) is 1. The molecule has 1 aromatic heterocycles. The normalized spacial score (nSPS) is 12.9. The van der Waals surface area contributed by atoms with E-state index in [-0.39, 0.29) is 18.8 Å². The van der Waals surface area contributed by atoms with Gasteiger partial charge in [-0.2, -0.15) is 5.10 Å². The van der Waals surface area contributed by atoms with Crippen molar-refractivity contribution >= 4 is 29.0 Å². The van der Waals surface area contributed by atoms with Crippen molar-refractivity contribution in [3.8, 4) is 0 Å². The lowest BCUT2D eigenvalue weighted by Crippen LogP contribution is -2.30. The van der Waals surface area contributed by atoms with E-state index in [2.05, 4.69) is 10.4 Å². The Hall–Kier alpha value is -3.69. The maximum absolute atomic E-state index is 12.3. The van der Waals surface area contributed by atoms with E-state index in [4.69, 9.17) is 14.2 Å². The lowest BCUT2D eigenvalue weighted by Gasteiger charge is -2.24. The van der Waals surface area contributed by atoms with Crippen LogP contribution in [0.3, 0.4) is 0 Å². The number of aliphatic hydroxyl groups excluding tert-OH is 1. The predicted molar refractivity (Wildman–Crippen MR) is 126 cm³/mol. The van der Waals surface area contributed by atoms with Crippen molar-refractivity contribution in [3.63, 3.8) is 0 Å². The molecule has 1 atom stereocenters. The molecule has 0 saturated heterocycles. The number of esters is 1. The van der Waals surface area contributed by atoms with E-state index >= 15 is 0 Å². The van der Waals surface area contributed by atoms with Crippen LogP contribution in [-0.4, -0.2) is 46.0 Å². The summed E-state index contributed by atoms with van der Waals surface area (Å²) in [6.45, 7) is 5.65. The summed E-state index contributed by atoms with van der Waals surface area (Å²) in [5.74, 6) is -0.758. The van der Waals surface area contributed by atoms with Gasteiger partial charge in [-0.15, -0.1) is 0 Å². The second-order valence-corrected chi connectivity index (χ2v) is 8.51. The Labute approximate surface area is 197 Å². The van der Waals surface area contributed by atoms with Gasteiger partial charge in [0.25, 0.3) is 0 Å². The van der Waals surface area contributed by atoms with Crippen LogP contribution in [0.25, 0.3) is 17.0 Å². The Morgan fingerprint density at radius 1 is 1.12 bits per heavy atom. The molecule has 0 aliphatic rings. The van der Waals surface area contributed by atoms with Gasteiger partial charge in [0.05, 0.1) is 30.5 Å². The number of hydrogen-bond donors (Lipinski definition) is 2. The van der Waals surface area contributed by atoms with Gasteiger partial charge in [0, 0.05) is 5.39 Å². The first-order valence-electron chi connectivity index (χ1n) is 10.8. The van der Waals surface area contributed by atoms with E-state index in [0.29, 0.717) is 11.1 Å². The number of ether oxygens (including phenoxy) is 3. The molecule has 34 heavy (non-hydrogen) atoms. The number of para-hydroxylation sites is 1. The van der Waals surface area contributed by atoms with Crippen molar-refractivity contribution in [2.75, 3.05) is 7.11 Å². The van der Waals surface area contributed by atoms with Gasteiger partial charge in [0.1, 0.15) is 12.3 Å². The molecule has 9 heteroatoms. The number of nitrogens with zero attached hydrogens (tertiary/aromatic N) is 2. The van der Waals surface area contributed by atoms with E-state index in [9.17, 15) is 14.7 Å². The number of methoxy groups -OCH3 is 1. The predicted octanol–water partition coefficient (Wildman–Crippen LogP) is 3.61. The van der Waals surface area contributed by atoms with E-state index in [1.807, 2.05) is 75.4 Å². The zero-order valence-electron chi connectivity index (χ0n) is 19.6. The molecule has 0 radical (unpaired) electrons. The minimum atomic E-state index is -1.09. The highest BCUT2D eigenvalue weighted by molar-refractivity contribution is 5.99. The average Bonchev–Trinajstić information content (AvgIpc) is 3.13. The standard InChI is InChI=1S/C25H29N3O6/c1-25(2,3)34-22(29)15-28-21-13-9-8-12-18(21)19(27-28)14-20(23(30)32-4)26-24(31)33-16-17-10-6-5-7-11-17/h5-14,22,29H,15-16H2,1-4H3,(H,26,31)/b20-14+. The summed E-state index contributed by atoms with van der Waals surface area (Å²) >= 11 is 0. The third-order valence-electron chi connectivity index (χ3n) is 4.64. The summed E-state index contributed by atoms with van der Waals surface area (Å²) in [6, 6.07) is 16.5. The van der Waals surface area contributed by atoms with Crippen LogP contribution in [0.4, 0.5) is 4.79 Å².